The van der Waals surface area contributed by atoms with Crippen molar-refractivity contribution in [2.24, 2.45) is 0 Å². The van der Waals surface area contributed by atoms with Gasteiger partial charge in [-0.25, -0.2) is 9.97 Å². The van der Waals surface area contributed by atoms with E-state index in [1.165, 1.54) is 6.33 Å². The van der Waals surface area contributed by atoms with Crippen LogP contribution in [0.15, 0.2) is 12.4 Å². The van der Waals surface area contributed by atoms with Gasteiger partial charge in [-0.1, -0.05) is 20.8 Å². The fourth-order valence-corrected chi connectivity index (χ4v) is 1.78. The molecule has 1 aromatic heterocycles. The SMILES string of the molecule is CCCOc1cc(NCCCN(CC)CC)ncn1. The second-order valence-electron chi connectivity index (χ2n) is 4.40. The third kappa shape index (κ3) is 6.38. The zero-order valence-corrected chi connectivity index (χ0v) is 12.4. The molecule has 0 aromatic carbocycles. The number of aromatic nitrogens is 2. The Morgan fingerprint density at radius 1 is 1.21 bits per heavy atom. The van der Waals surface area contributed by atoms with Crippen molar-refractivity contribution >= 4 is 5.82 Å². The molecule has 19 heavy (non-hydrogen) atoms. The van der Waals surface area contributed by atoms with Crippen molar-refractivity contribution in [1.29, 1.82) is 0 Å². The monoisotopic (exact) mass is 266 g/mol. The van der Waals surface area contributed by atoms with Gasteiger partial charge in [-0.05, 0) is 32.5 Å². The first-order chi connectivity index (χ1) is 9.30. The summed E-state index contributed by atoms with van der Waals surface area (Å²) in [5.74, 6) is 1.48. The molecule has 1 heterocycles. The lowest BCUT2D eigenvalue weighted by Gasteiger charge is -2.17. The van der Waals surface area contributed by atoms with Gasteiger partial charge < -0.3 is 15.0 Å². The lowest BCUT2D eigenvalue weighted by Crippen LogP contribution is -2.25. The van der Waals surface area contributed by atoms with Crippen LogP contribution in [-0.2, 0) is 0 Å². The van der Waals surface area contributed by atoms with Crippen LogP contribution in [-0.4, -0.2) is 47.7 Å². The zero-order chi connectivity index (χ0) is 13.9. The number of hydrogen-bond acceptors (Lipinski definition) is 5. The van der Waals surface area contributed by atoms with E-state index < -0.39 is 0 Å². The number of ether oxygens (including phenoxy) is 1. The Balaban J connectivity index is 2.28. The molecule has 1 aromatic rings. The second-order valence-corrected chi connectivity index (χ2v) is 4.40. The maximum absolute atomic E-state index is 5.48. The average molecular weight is 266 g/mol. The molecule has 108 valence electrons. The fraction of sp³-hybridized carbons (Fsp3) is 0.714. The minimum atomic E-state index is 0.642. The number of nitrogens with zero attached hydrogens (tertiary/aromatic N) is 3. The van der Waals surface area contributed by atoms with E-state index >= 15 is 0 Å². The Kier molecular flexibility index (Phi) is 7.89. The molecule has 1 rings (SSSR count). The van der Waals surface area contributed by atoms with Gasteiger partial charge in [0.1, 0.15) is 12.1 Å². The number of nitrogens with one attached hydrogen (secondary N) is 1. The van der Waals surface area contributed by atoms with Gasteiger partial charge in [0.2, 0.25) is 5.88 Å². The minimum absolute atomic E-state index is 0.642. The predicted octanol–water partition coefficient (Wildman–Crippen LogP) is 2.41. The summed E-state index contributed by atoms with van der Waals surface area (Å²) in [6.07, 6.45) is 3.63. The van der Waals surface area contributed by atoms with Gasteiger partial charge in [-0.2, -0.15) is 0 Å². The highest BCUT2D eigenvalue weighted by Crippen LogP contribution is 2.11. The van der Waals surface area contributed by atoms with E-state index in [0.717, 1.165) is 44.8 Å². The Morgan fingerprint density at radius 2 is 2.00 bits per heavy atom. The zero-order valence-electron chi connectivity index (χ0n) is 12.4. The highest BCUT2D eigenvalue weighted by molar-refractivity contribution is 5.36. The van der Waals surface area contributed by atoms with Crippen molar-refractivity contribution in [3.63, 3.8) is 0 Å². The van der Waals surface area contributed by atoms with Crippen molar-refractivity contribution in [2.75, 3.05) is 38.1 Å². The molecule has 0 fully saturated rings. The van der Waals surface area contributed by atoms with Crippen LogP contribution in [0.1, 0.15) is 33.6 Å². The van der Waals surface area contributed by atoms with Crippen molar-refractivity contribution in [3.8, 4) is 5.88 Å². The summed E-state index contributed by atoms with van der Waals surface area (Å²) >= 11 is 0. The third-order valence-electron chi connectivity index (χ3n) is 2.95. The Morgan fingerprint density at radius 3 is 2.68 bits per heavy atom. The Bertz CT molecular complexity index is 342. The van der Waals surface area contributed by atoms with Gasteiger partial charge in [-0.15, -0.1) is 0 Å². The molecule has 0 unspecified atom stereocenters. The first kappa shape index (κ1) is 15.7. The Labute approximate surface area is 116 Å². The van der Waals surface area contributed by atoms with Crippen LogP contribution in [0.4, 0.5) is 5.82 Å². The van der Waals surface area contributed by atoms with Crippen LogP contribution in [0.5, 0.6) is 5.88 Å². The highest BCUT2D eigenvalue weighted by atomic mass is 16.5. The molecule has 0 bridgehead atoms. The maximum atomic E-state index is 5.48. The third-order valence-corrected chi connectivity index (χ3v) is 2.95. The first-order valence-electron chi connectivity index (χ1n) is 7.21. The summed E-state index contributed by atoms with van der Waals surface area (Å²) in [6.45, 7) is 11.4. The van der Waals surface area contributed by atoms with Crippen LogP contribution < -0.4 is 10.1 Å². The number of hydrogen-bond donors (Lipinski definition) is 1. The standard InChI is InChI=1S/C14H26N4O/c1-4-10-19-14-11-13(16-12-17-14)15-8-7-9-18(5-2)6-3/h11-12H,4-10H2,1-3H3,(H,15,16,17). The topological polar surface area (TPSA) is 50.3 Å². The quantitative estimate of drug-likeness (QED) is 0.659. The summed E-state index contributed by atoms with van der Waals surface area (Å²) in [4.78, 5) is 10.7. The van der Waals surface area contributed by atoms with Gasteiger partial charge in [0.15, 0.2) is 0 Å². The summed E-state index contributed by atoms with van der Waals surface area (Å²) in [7, 11) is 0. The van der Waals surface area contributed by atoms with Gasteiger partial charge in [0, 0.05) is 12.6 Å². The van der Waals surface area contributed by atoms with Crippen molar-refractivity contribution < 1.29 is 4.74 Å². The molecule has 0 amide bonds. The van der Waals surface area contributed by atoms with Crippen LogP contribution >= 0.6 is 0 Å². The molecule has 0 radical (unpaired) electrons. The second kappa shape index (κ2) is 9.55. The molecule has 0 aliphatic heterocycles. The van der Waals surface area contributed by atoms with Crippen molar-refractivity contribution in [3.05, 3.63) is 12.4 Å². The van der Waals surface area contributed by atoms with Crippen molar-refractivity contribution in [2.45, 2.75) is 33.6 Å². The van der Waals surface area contributed by atoms with Crippen LogP contribution in [0.25, 0.3) is 0 Å². The summed E-state index contributed by atoms with van der Waals surface area (Å²) in [5.41, 5.74) is 0. The normalized spacial score (nSPS) is 10.7. The lowest BCUT2D eigenvalue weighted by atomic mass is 10.3. The number of rotatable bonds is 10. The first-order valence-corrected chi connectivity index (χ1v) is 7.21. The van der Waals surface area contributed by atoms with E-state index in [1.807, 2.05) is 6.07 Å². The molecule has 5 nitrogen and oxygen atoms in total. The molecular formula is C14H26N4O. The van der Waals surface area contributed by atoms with Gasteiger partial charge in [-0.3, -0.25) is 0 Å². The van der Waals surface area contributed by atoms with E-state index in [4.69, 9.17) is 4.74 Å². The van der Waals surface area contributed by atoms with E-state index in [1.54, 1.807) is 0 Å². The fourth-order valence-electron chi connectivity index (χ4n) is 1.78. The van der Waals surface area contributed by atoms with Gasteiger partial charge in [0.05, 0.1) is 6.61 Å². The highest BCUT2D eigenvalue weighted by Gasteiger charge is 2.01. The summed E-state index contributed by atoms with van der Waals surface area (Å²) < 4.78 is 5.48. The van der Waals surface area contributed by atoms with E-state index in [0.29, 0.717) is 12.5 Å². The predicted molar refractivity (Wildman–Crippen MR) is 78.7 cm³/mol. The molecular weight excluding hydrogens is 240 g/mol. The summed E-state index contributed by atoms with van der Waals surface area (Å²) in [5, 5.41) is 3.31. The van der Waals surface area contributed by atoms with Crippen LogP contribution in [0.3, 0.4) is 0 Å². The van der Waals surface area contributed by atoms with Crippen molar-refractivity contribution in [1.82, 2.24) is 14.9 Å². The van der Waals surface area contributed by atoms with Gasteiger partial charge >= 0.3 is 0 Å². The molecule has 1 N–H and O–H groups in total. The molecule has 0 saturated heterocycles. The number of anilines is 1. The van der Waals surface area contributed by atoms with E-state index in [9.17, 15) is 0 Å². The molecule has 5 heteroatoms. The molecule has 0 saturated carbocycles. The smallest absolute Gasteiger partial charge is 0.218 e. The average Bonchev–Trinajstić information content (AvgIpc) is 2.46. The molecule has 0 aliphatic rings. The van der Waals surface area contributed by atoms with E-state index in [-0.39, 0.29) is 0 Å². The summed E-state index contributed by atoms with van der Waals surface area (Å²) in [6, 6.07) is 1.85. The molecule has 0 atom stereocenters. The van der Waals surface area contributed by atoms with Crippen LogP contribution in [0, 0.1) is 0 Å². The van der Waals surface area contributed by atoms with Crippen LogP contribution in [0.2, 0.25) is 0 Å². The largest absolute Gasteiger partial charge is 0.478 e. The van der Waals surface area contributed by atoms with E-state index in [2.05, 4.69) is 41.0 Å². The Hall–Kier alpha value is -1.36. The molecule has 0 aliphatic carbocycles. The lowest BCUT2D eigenvalue weighted by molar-refractivity contribution is 0.302. The molecule has 0 spiro atoms. The maximum Gasteiger partial charge on any atom is 0.218 e. The van der Waals surface area contributed by atoms with Gasteiger partial charge in [0.25, 0.3) is 0 Å². The minimum Gasteiger partial charge on any atom is -0.478 e.